The van der Waals surface area contributed by atoms with Crippen molar-refractivity contribution in [2.75, 3.05) is 31.3 Å². The van der Waals surface area contributed by atoms with Gasteiger partial charge in [0.05, 0.1) is 31.3 Å². The SMILES string of the molecule is CC1=C(C(=O)OCc2ccccc2)N(C=O)[C@H]([C@H](C)NC(=O)CCOCCNC(=O)CCCC[C@@H]2SC[C@@H]3NC(=O)N[C@@H]32)SC1. The van der Waals surface area contributed by atoms with Crippen LogP contribution in [0.1, 0.15) is 51.5 Å². The summed E-state index contributed by atoms with van der Waals surface area (Å²) in [6.07, 6.45) is 3.84. The second kappa shape index (κ2) is 17.5. The highest BCUT2D eigenvalue weighted by Gasteiger charge is 2.42. The Hall–Kier alpha value is -3.23. The number of nitrogens with one attached hydrogen (secondary N) is 4. The van der Waals surface area contributed by atoms with Crippen molar-refractivity contribution in [3.63, 3.8) is 0 Å². The lowest BCUT2D eigenvalue weighted by Crippen LogP contribution is -2.51. The lowest BCUT2D eigenvalue weighted by Gasteiger charge is -2.37. The Balaban J connectivity index is 1.07. The van der Waals surface area contributed by atoms with Crippen molar-refractivity contribution >= 4 is 53.7 Å². The zero-order chi connectivity index (χ0) is 32.2. The summed E-state index contributed by atoms with van der Waals surface area (Å²) in [5.41, 5.74) is 1.79. The molecule has 0 unspecified atom stereocenters. The van der Waals surface area contributed by atoms with Gasteiger partial charge in [-0.05, 0) is 37.8 Å². The van der Waals surface area contributed by atoms with Crippen LogP contribution in [-0.4, -0.2) is 95.1 Å². The van der Waals surface area contributed by atoms with Crippen molar-refractivity contribution in [3.05, 3.63) is 47.2 Å². The van der Waals surface area contributed by atoms with E-state index in [1.807, 2.05) is 42.1 Å². The topological polar surface area (TPSA) is 155 Å². The molecular weight excluding hydrogens is 619 g/mol. The first-order valence-corrected chi connectivity index (χ1v) is 17.4. The maximum Gasteiger partial charge on any atom is 0.355 e. The summed E-state index contributed by atoms with van der Waals surface area (Å²) in [4.78, 5) is 62.6. The second-order valence-electron chi connectivity index (χ2n) is 11.3. The van der Waals surface area contributed by atoms with Crippen LogP contribution in [0.5, 0.6) is 0 Å². The molecule has 2 saturated heterocycles. The number of hydrogen-bond donors (Lipinski definition) is 4. The monoisotopic (exact) mass is 661 g/mol. The van der Waals surface area contributed by atoms with E-state index in [2.05, 4.69) is 21.3 Å². The van der Waals surface area contributed by atoms with Crippen LogP contribution in [0.25, 0.3) is 0 Å². The van der Waals surface area contributed by atoms with Gasteiger partial charge >= 0.3 is 12.0 Å². The summed E-state index contributed by atoms with van der Waals surface area (Å²) < 4.78 is 11.0. The summed E-state index contributed by atoms with van der Waals surface area (Å²) in [6, 6.07) is 9.19. The molecule has 0 saturated carbocycles. The fourth-order valence-corrected chi connectivity index (χ4v) is 8.34. The summed E-state index contributed by atoms with van der Waals surface area (Å²) in [5.74, 6) is 0.608. The first-order valence-electron chi connectivity index (χ1n) is 15.3. The number of urea groups is 1. The van der Waals surface area contributed by atoms with E-state index < -0.39 is 17.4 Å². The van der Waals surface area contributed by atoms with E-state index in [0.717, 1.165) is 36.2 Å². The molecule has 1 aromatic rings. The van der Waals surface area contributed by atoms with Crippen molar-refractivity contribution in [1.82, 2.24) is 26.2 Å². The first kappa shape index (κ1) is 34.6. The third-order valence-corrected chi connectivity index (χ3v) is 11.0. The minimum absolute atomic E-state index is 0.0322. The number of benzene rings is 1. The Morgan fingerprint density at radius 3 is 2.67 bits per heavy atom. The number of esters is 1. The maximum absolute atomic E-state index is 12.9. The zero-order valence-electron chi connectivity index (χ0n) is 25.8. The molecule has 2 fully saturated rings. The molecule has 45 heavy (non-hydrogen) atoms. The molecular formula is C31H43N5O7S2. The van der Waals surface area contributed by atoms with E-state index in [0.29, 0.717) is 37.0 Å². The number of ether oxygens (including phenoxy) is 2. The van der Waals surface area contributed by atoms with Crippen LogP contribution < -0.4 is 21.3 Å². The molecule has 3 aliphatic rings. The van der Waals surface area contributed by atoms with Crippen molar-refractivity contribution in [1.29, 1.82) is 0 Å². The van der Waals surface area contributed by atoms with E-state index >= 15 is 0 Å². The van der Waals surface area contributed by atoms with Gasteiger partial charge in [0.2, 0.25) is 18.2 Å². The maximum atomic E-state index is 12.9. The molecule has 0 radical (unpaired) electrons. The number of rotatable bonds is 17. The number of nitrogens with zero attached hydrogens (tertiary/aromatic N) is 1. The second-order valence-corrected chi connectivity index (χ2v) is 13.7. The molecule has 0 aromatic heterocycles. The number of hydrogen-bond acceptors (Lipinski definition) is 9. The number of fused-ring (bicyclic) bond motifs is 1. The highest BCUT2D eigenvalue weighted by atomic mass is 32.2. The molecule has 5 amide bonds. The van der Waals surface area contributed by atoms with Crippen LogP contribution in [-0.2, 0) is 35.3 Å². The average molecular weight is 662 g/mol. The van der Waals surface area contributed by atoms with Gasteiger partial charge in [-0.1, -0.05) is 36.8 Å². The van der Waals surface area contributed by atoms with Gasteiger partial charge in [0.1, 0.15) is 17.7 Å². The van der Waals surface area contributed by atoms with Gasteiger partial charge in [-0.25, -0.2) is 9.59 Å². The van der Waals surface area contributed by atoms with Crippen molar-refractivity contribution in [3.8, 4) is 0 Å². The third kappa shape index (κ3) is 10.1. The molecule has 0 bridgehead atoms. The molecule has 1 aromatic carbocycles. The molecule has 0 spiro atoms. The van der Waals surface area contributed by atoms with Gasteiger partial charge in [0.15, 0.2) is 0 Å². The Morgan fingerprint density at radius 1 is 1.09 bits per heavy atom. The van der Waals surface area contributed by atoms with Crippen molar-refractivity contribution in [2.24, 2.45) is 0 Å². The number of carbonyl (C=O) groups is 5. The Morgan fingerprint density at radius 2 is 1.89 bits per heavy atom. The molecule has 3 heterocycles. The Bertz CT molecular complexity index is 1230. The Labute approximate surface area is 272 Å². The molecule has 4 N–H and O–H groups in total. The fraction of sp³-hybridized carbons (Fsp3) is 0.581. The lowest BCUT2D eigenvalue weighted by atomic mass is 10.0. The standard InChI is InChI=1S/C31H43N5O7S2/c1-20-17-45-29(36(19-37)28(20)30(40)43-16-22-8-4-3-5-9-22)21(2)33-26(39)12-14-42-15-13-32-25(38)11-7-6-10-24-27-23(18-44-24)34-31(41)35-27/h3-5,8-9,19,21,23-24,27,29H,6-7,10-18H2,1-2H3,(H,32,38)(H,33,39)(H2,34,35,41)/t21-,23-,24-,27-,29-/m0/s1. The molecule has 3 aliphatic heterocycles. The van der Waals surface area contributed by atoms with Crippen LogP contribution >= 0.6 is 23.5 Å². The van der Waals surface area contributed by atoms with Crippen LogP contribution in [0, 0.1) is 0 Å². The number of amides is 5. The Kier molecular flexibility index (Phi) is 13.4. The zero-order valence-corrected chi connectivity index (χ0v) is 27.4. The van der Waals surface area contributed by atoms with Gasteiger partial charge in [-0.2, -0.15) is 11.8 Å². The van der Waals surface area contributed by atoms with Gasteiger partial charge < -0.3 is 30.7 Å². The molecule has 12 nitrogen and oxygen atoms in total. The molecule has 4 rings (SSSR count). The summed E-state index contributed by atoms with van der Waals surface area (Å²) in [7, 11) is 0. The highest BCUT2D eigenvalue weighted by Crippen LogP contribution is 2.34. The molecule has 5 atom stereocenters. The predicted octanol–water partition coefficient (Wildman–Crippen LogP) is 2.29. The summed E-state index contributed by atoms with van der Waals surface area (Å²) in [5, 5.41) is 11.6. The van der Waals surface area contributed by atoms with Gasteiger partial charge in [-0.3, -0.25) is 19.3 Å². The number of thioether (sulfide) groups is 2. The quantitative estimate of drug-likeness (QED) is 0.0852. The summed E-state index contributed by atoms with van der Waals surface area (Å²) in [6.45, 7) is 4.52. The van der Waals surface area contributed by atoms with E-state index in [1.165, 1.54) is 16.7 Å². The van der Waals surface area contributed by atoms with E-state index in [1.54, 1.807) is 13.8 Å². The van der Waals surface area contributed by atoms with Gasteiger partial charge in [0.25, 0.3) is 0 Å². The fourth-order valence-electron chi connectivity index (χ4n) is 5.57. The molecule has 0 aliphatic carbocycles. The first-order chi connectivity index (χ1) is 21.8. The number of carbonyl (C=O) groups excluding carboxylic acids is 5. The lowest BCUT2D eigenvalue weighted by molar-refractivity contribution is -0.144. The van der Waals surface area contributed by atoms with Crippen LogP contribution in [0.4, 0.5) is 4.79 Å². The predicted molar refractivity (Wildman–Crippen MR) is 173 cm³/mol. The molecule has 14 heteroatoms. The summed E-state index contributed by atoms with van der Waals surface area (Å²) >= 11 is 3.34. The van der Waals surface area contributed by atoms with Crippen LogP contribution in [0.2, 0.25) is 0 Å². The van der Waals surface area contributed by atoms with Crippen molar-refractivity contribution in [2.45, 2.75) is 81.3 Å². The number of unbranched alkanes of at least 4 members (excludes halogenated alkanes) is 1. The minimum atomic E-state index is -0.577. The normalized spacial score (nSPS) is 23.1. The van der Waals surface area contributed by atoms with E-state index in [-0.39, 0.29) is 55.3 Å². The minimum Gasteiger partial charge on any atom is -0.456 e. The third-order valence-electron chi connectivity index (χ3n) is 7.87. The van der Waals surface area contributed by atoms with Crippen LogP contribution in [0.3, 0.4) is 0 Å². The van der Waals surface area contributed by atoms with Gasteiger partial charge in [-0.15, -0.1) is 11.8 Å². The van der Waals surface area contributed by atoms with Crippen LogP contribution in [0.15, 0.2) is 41.6 Å². The van der Waals surface area contributed by atoms with Gasteiger partial charge in [0, 0.05) is 36.1 Å². The average Bonchev–Trinajstić information content (AvgIpc) is 3.58. The van der Waals surface area contributed by atoms with Crippen molar-refractivity contribution < 1.29 is 33.4 Å². The highest BCUT2D eigenvalue weighted by molar-refractivity contribution is 8.00. The van der Waals surface area contributed by atoms with E-state index in [4.69, 9.17) is 9.47 Å². The largest absolute Gasteiger partial charge is 0.456 e. The molecule has 246 valence electrons. The van der Waals surface area contributed by atoms with E-state index in [9.17, 15) is 24.0 Å². The smallest absolute Gasteiger partial charge is 0.355 e.